The second-order valence-electron chi connectivity index (χ2n) is 4.93. The maximum Gasteiger partial charge on any atom is 0.401 e. The summed E-state index contributed by atoms with van der Waals surface area (Å²) in [7, 11) is 0. The number of nitrogens with one attached hydrogen (secondary N) is 1. The molecule has 0 unspecified atom stereocenters. The Kier molecular flexibility index (Phi) is 4.64. The minimum atomic E-state index is -4.17. The number of aromatic nitrogens is 1. The number of aryl methyl sites for hydroxylation is 1. The molecule has 1 amide bonds. The first-order chi connectivity index (χ1) is 9.33. The summed E-state index contributed by atoms with van der Waals surface area (Å²) in [5.74, 6) is -0.380. The Hall–Kier alpha value is -1.15. The molecule has 1 aliphatic rings. The van der Waals surface area contributed by atoms with E-state index in [1.165, 1.54) is 16.2 Å². The van der Waals surface area contributed by atoms with Crippen LogP contribution in [0.2, 0.25) is 0 Å². The van der Waals surface area contributed by atoms with Crippen LogP contribution >= 0.6 is 11.3 Å². The largest absolute Gasteiger partial charge is 0.401 e. The van der Waals surface area contributed by atoms with E-state index >= 15 is 0 Å². The van der Waals surface area contributed by atoms with Gasteiger partial charge in [-0.25, -0.2) is 4.98 Å². The molecule has 0 atom stereocenters. The van der Waals surface area contributed by atoms with Crippen molar-refractivity contribution in [3.63, 3.8) is 0 Å². The lowest BCUT2D eigenvalue weighted by molar-refractivity contribution is -0.149. The number of hydrogen-bond donors (Lipinski definition) is 1. The molecule has 1 saturated heterocycles. The molecule has 0 aromatic carbocycles. The summed E-state index contributed by atoms with van der Waals surface area (Å²) >= 11 is 1.39. The van der Waals surface area contributed by atoms with E-state index in [0.29, 0.717) is 31.1 Å². The molecule has 1 fully saturated rings. The summed E-state index contributed by atoms with van der Waals surface area (Å²) in [4.78, 5) is 18.4. The van der Waals surface area contributed by atoms with Crippen LogP contribution < -0.4 is 5.32 Å². The van der Waals surface area contributed by atoms with E-state index in [9.17, 15) is 18.0 Å². The van der Waals surface area contributed by atoms with Gasteiger partial charge in [-0.15, -0.1) is 11.3 Å². The molecule has 0 bridgehead atoms. The van der Waals surface area contributed by atoms with Crippen molar-refractivity contribution in [3.8, 4) is 0 Å². The first kappa shape index (κ1) is 15.2. The average Bonchev–Trinajstić information content (AvgIpc) is 2.73. The fourth-order valence-electron chi connectivity index (χ4n) is 2.23. The van der Waals surface area contributed by atoms with E-state index in [0.717, 1.165) is 4.88 Å². The maximum atomic E-state index is 12.3. The number of nitrogens with zero attached hydrogens (tertiary/aromatic N) is 2. The minimum absolute atomic E-state index is 0.147. The monoisotopic (exact) mass is 307 g/mol. The number of piperidine rings is 1. The van der Waals surface area contributed by atoms with E-state index in [2.05, 4.69) is 10.3 Å². The molecule has 2 heterocycles. The first-order valence-electron chi connectivity index (χ1n) is 6.36. The molecular formula is C12H16F3N3OS. The number of carbonyl (C=O) groups is 1. The van der Waals surface area contributed by atoms with Crippen LogP contribution in [0.15, 0.2) is 6.20 Å². The molecule has 0 radical (unpaired) electrons. The molecular weight excluding hydrogens is 291 g/mol. The average molecular weight is 307 g/mol. The Morgan fingerprint density at radius 3 is 2.65 bits per heavy atom. The quantitative estimate of drug-likeness (QED) is 0.934. The number of rotatable bonds is 3. The van der Waals surface area contributed by atoms with Crippen LogP contribution in [0, 0.1) is 12.8 Å². The molecule has 1 N–H and O–H groups in total. The summed E-state index contributed by atoms with van der Waals surface area (Å²) in [5.41, 5.74) is 0. The first-order valence-corrected chi connectivity index (χ1v) is 7.17. The van der Waals surface area contributed by atoms with Gasteiger partial charge in [-0.05, 0) is 32.9 Å². The van der Waals surface area contributed by atoms with Gasteiger partial charge in [0.05, 0.1) is 6.54 Å². The topological polar surface area (TPSA) is 45.2 Å². The fourth-order valence-corrected chi connectivity index (χ4v) is 2.89. The summed E-state index contributed by atoms with van der Waals surface area (Å²) < 4.78 is 36.8. The van der Waals surface area contributed by atoms with Crippen LogP contribution in [0.4, 0.5) is 18.3 Å². The lowest BCUT2D eigenvalue weighted by atomic mass is 9.96. The van der Waals surface area contributed by atoms with Gasteiger partial charge in [-0.1, -0.05) is 0 Å². The van der Waals surface area contributed by atoms with Gasteiger partial charge in [0.2, 0.25) is 5.91 Å². The number of likely N-dealkylation sites (tertiary alicyclic amines) is 1. The smallest absolute Gasteiger partial charge is 0.302 e. The Bertz CT molecular complexity index is 467. The van der Waals surface area contributed by atoms with Gasteiger partial charge in [0.25, 0.3) is 0 Å². The molecule has 112 valence electrons. The third-order valence-corrected chi connectivity index (χ3v) is 4.04. The van der Waals surface area contributed by atoms with Crippen molar-refractivity contribution in [2.45, 2.75) is 25.9 Å². The van der Waals surface area contributed by atoms with Crippen LogP contribution in [0.1, 0.15) is 17.7 Å². The third kappa shape index (κ3) is 4.45. The van der Waals surface area contributed by atoms with Crippen LogP contribution in [0.3, 0.4) is 0 Å². The predicted molar refractivity (Wildman–Crippen MR) is 70.7 cm³/mol. The summed E-state index contributed by atoms with van der Waals surface area (Å²) in [6.07, 6.45) is -1.60. The van der Waals surface area contributed by atoms with Crippen LogP contribution in [0.25, 0.3) is 0 Å². The third-order valence-electron chi connectivity index (χ3n) is 3.21. The highest BCUT2D eigenvalue weighted by Crippen LogP contribution is 2.24. The molecule has 1 aromatic heterocycles. The van der Waals surface area contributed by atoms with Crippen LogP contribution in [-0.2, 0) is 4.79 Å². The normalized spacial score (nSPS) is 18.2. The van der Waals surface area contributed by atoms with Gasteiger partial charge in [-0.3, -0.25) is 9.69 Å². The zero-order valence-corrected chi connectivity index (χ0v) is 11.9. The number of anilines is 1. The number of hydrogen-bond acceptors (Lipinski definition) is 4. The molecule has 0 aliphatic carbocycles. The fraction of sp³-hybridized carbons (Fsp3) is 0.667. The second kappa shape index (κ2) is 6.09. The highest BCUT2D eigenvalue weighted by molar-refractivity contribution is 7.15. The summed E-state index contributed by atoms with van der Waals surface area (Å²) in [6.45, 7) is 1.60. The molecule has 1 aliphatic heterocycles. The molecule has 20 heavy (non-hydrogen) atoms. The second-order valence-corrected chi connectivity index (χ2v) is 6.17. The molecule has 0 saturated carbocycles. The van der Waals surface area contributed by atoms with E-state index in [-0.39, 0.29) is 11.8 Å². The van der Waals surface area contributed by atoms with Crippen molar-refractivity contribution in [1.29, 1.82) is 0 Å². The number of amides is 1. The minimum Gasteiger partial charge on any atom is -0.302 e. The van der Waals surface area contributed by atoms with Gasteiger partial charge in [-0.2, -0.15) is 13.2 Å². The van der Waals surface area contributed by atoms with E-state index < -0.39 is 12.7 Å². The van der Waals surface area contributed by atoms with Crippen molar-refractivity contribution in [2.75, 3.05) is 25.0 Å². The number of halogens is 3. The van der Waals surface area contributed by atoms with E-state index in [4.69, 9.17) is 0 Å². The molecule has 0 spiro atoms. The van der Waals surface area contributed by atoms with E-state index in [1.807, 2.05) is 6.92 Å². The van der Waals surface area contributed by atoms with Crippen molar-refractivity contribution >= 4 is 22.4 Å². The van der Waals surface area contributed by atoms with Crippen molar-refractivity contribution in [2.24, 2.45) is 5.92 Å². The van der Waals surface area contributed by atoms with Crippen LogP contribution in [0.5, 0.6) is 0 Å². The molecule has 2 rings (SSSR count). The highest BCUT2D eigenvalue weighted by Gasteiger charge is 2.33. The summed E-state index contributed by atoms with van der Waals surface area (Å²) in [5, 5.41) is 3.27. The number of alkyl halides is 3. The Morgan fingerprint density at radius 2 is 2.15 bits per heavy atom. The maximum absolute atomic E-state index is 12.3. The Morgan fingerprint density at radius 1 is 1.50 bits per heavy atom. The number of carbonyl (C=O) groups excluding carboxylic acids is 1. The van der Waals surface area contributed by atoms with Crippen LogP contribution in [-0.4, -0.2) is 41.6 Å². The van der Waals surface area contributed by atoms with Crippen molar-refractivity contribution in [1.82, 2.24) is 9.88 Å². The van der Waals surface area contributed by atoms with Gasteiger partial charge in [0, 0.05) is 17.0 Å². The van der Waals surface area contributed by atoms with Gasteiger partial charge < -0.3 is 5.32 Å². The lowest BCUT2D eigenvalue weighted by Crippen LogP contribution is -2.42. The molecule has 4 nitrogen and oxygen atoms in total. The zero-order chi connectivity index (χ0) is 14.8. The van der Waals surface area contributed by atoms with Crippen molar-refractivity contribution < 1.29 is 18.0 Å². The van der Waals surface area contributed by atoms with Crippen molar-refractivity contribution in [3.05, 3.63) is 11.1 Å². The Labute approximate surface area is 119 Å². The summed E-state index contributed by atoms with van der Waals surface area (Å²) in [6, 6.07) is 0. The predicted octanol–water partition coefficient (Wildman–Crippen LogP) is 2.66. The van der Waals surface area contributed by atoms with E-state index in [1.54, 1.807) is 6.20 Å². The number of thiazole rings is 1. The van der Waals surface area contributed by atoms with Gasteiger partial charge in [0.15, 0.2) is 5.13 Å². The molecule has 8 heteroatoms. The van der Waals surface area contributed by atoms with Gasteiger partial charge in [0.1, 0.15) is 0 Å². The van der Waals surface area contributed by atoms with Gasteiger partial charge >= 0.3 is 6.18 Å². The molecule has 1 aromatic rings. The standard InChI is InChI=1S/C12H16F3N3OS/c1-8-6-16-11(20-8)17-10(19)9-2-4-18(5-3-9)7-12(13,14)15/h6,9H,2-5,7H2,1H3,(H,16,17,19). The lowest BCUT2D eigenvalue weighted by Gasteiger charge is -2.31. The zero-order valence-electron chi connectivity index (χ0n) is 11.0. The highest BCUT2D eigenvalue weighted by atomic mass is 32.1. The Balaban J connectivity index is 1.80. The SMILES string of the molecule is Cc1cnc(NC(=O)C2CCN(CC(F)(F)F)CC2)s1.